The van der Waals surface area contributed by atoms with Crippen LogP contribution < -0.4 is 10.2 Å². The van der Waals surface area contributed by atoms with Crippen molar-refractivity contribution in [1.29, 1.82) is 0 Å². The summed E-state index contributed by atoms with van der Waals surface area (Å²) in [5.74, 6) is 0.899. The quantitative estimate of drug-likeness (QED) is 0.362. The summed E-state index contributed by atoms with van der Waals surface area (Å²) in [6.45, 7) is 0.791. The molecular formula is C28H30N4O2. The van der Waals surface area contributed by atoms with Crippen LogP contribution in [-0.4, -0.2) is 35.0 Å². The summed E-state index contributed by atoms with van der Waals surface area (Å²) in [4.78, 5) is 31.7. The topological polar surface area (TPSA) is 67.2 Å². The number of carbonyl (C=O) groups is 2. The van der Waals surface area contributed by atoms with E-state index in [0.717, 1.165) is 41.0 Å². The molecule has 1 N–H and O–H groups in total. The number of fused-ring (bicyclic) bond motifs is 1. The Hall–Kier alpha value is -3.93. The third kappa shape index (κ3) is 5.90. The number of para-hydroxylation sites is 3. The predicted molar refractivity (Wildman–Crippen MR) is 136 cm³/mol. The van der Waals surface area contributed by atoms with E-state index in [0.29, 0.717) is 19.4 Å². The monoisotopic (exact) mass is 454 g/mol. The minimum absolute atomic E-state index is 0.00943. The van der Waals surface area contributed by atoms with E-state index in [2.05, 4.69) is 5.32 Å². The van der Waals surface area contributed by atoms with Crippen LogP contribution in [0.15, 0.2) is 84.9 Å². The molecule has 0 atom stereocenters. The molecule has 4 rings (SSSR count). The first kappa shape index (κ1) is 23.2. The molecule has 2 amide bonds. The summed E-state index contributed by atoms with van der Waals surface area (Å²) >= 11 is 0. The van der Waals surface area contributed by atoms with Gasteiger partial charge in [-0.3, -0.25) is 9.59 Å². The van der Waals surface area contributed by atoms with E-state index < -0.39 is 0 Å². The highest BCUT2D eigenvalue weighted by molar-refractivity contribution is 5.93. The molecule has 0 aliphatic rings. The third-order valence-electron chi connectivity index (χ3n) is 5.93. The van der Waals surface area contributed by atoms with Crippen molar-refractivity contribution in [3.8, 4) is 0 Å². The van der Waals surface area contributed by atoms with Crippen molar-refractivity contribution >= 4 is 28.5 Å². The fourth-order valence-corrected chi connectivity index (χ4v) is 3.99. The Morgan fingerprint density at radius 3 is 2.32 bits per heavy atom. The SMILES string of the molecule is CN(C(=O)Cn1c(CCCNC(=O)CCc2ccccc2)nc2ccccc21)c1ccccc1. The second-order valence-electron chi connectivity index (χ2n) is 8.33. The number of hydrogen-bond acceptors (Lipinski definition) is 3. The second-order valence-corrected chi connectivity index (χ2v) is 8.33. The Morgan fingerprint density at radius 1 is 0.882 bits per heavy atom. The minimum atomic E-state index is -0.00943. The maximum Gasteiger partial charge on any atom is 0.246 e. The van der Waals surface area contributed by atoms with E-state index in [1.165, 1.54) is 0 Å². The van der Waals surface area contributed by atoms with Crippen molar-refractivity contribution in [3.05, 3.63) is 96.3 Å². The zero-order valence-electron chi connectivity index (χ0n) is 19.5. The highest BCUT2D eigenvalue weighted by Gasteiger charge is 2.17. The molecule has 1 heterocycles. The van der Waals surface area contributed by atoms with Gasteiger partial charge in [0.15, 0.2) is 0 Å². The molecule has 0 aliphatic carbocycles. The average Bonchev–Trinajstić information content (AvgIpc) is 3.23. The van der Waals surface area contributed by atoms with Gasteiger partial charge in [0.25, 0.3) is 0 Å². The van der Waals surface area contributed by atoms with Gasteiger partial charge < -0.3 is 14.8 Å². The van der Waals surface area contributed by atoms with Gasteiger partial charge >= 0.3 is 0 Å². The van der Waals surface area contributed by atoms with Gasteiger partial charge in [-0.15, -0.1) is 0 Å². The summed E-state index contributed by atoms with van der Waals surface area (Å²) in [5.41, 5.74) is 3.84. The number of amides is 2. The number of aromatic nitrogens is 2. The first-order valence-corrected chi connectivity index (χ1v) is 11.7. The number of nitrogens with one attached hydrogen (secondary N) is 1. The number of benzene rings is 3. The first-order valence-electron chi connectivity index (χ1n) is 11.7. The van der Waals surface area contributed by atoms with Gasteiger partial charge in [0.1, 0.15) is 12.4 Å². The summed E-state index contributed by atoms with van der Waals surface area (Å²) in [7, 11) is 1.79. The lowest BCUT2D eigenvalue weighted by Gasteiger charge is -2.18. The highest BCUT2D eigenvalue weighted by Crippen LogP contribution is 2.19. The van der Waals surface area contributed by atoms with Crippen molar-refractivity contribution in [2.45, 2.75) is 32.2 Å². The summed E-state index contributed by atoms with van der Waals surface area (Å²) in [6, 6.07) is 27.5. The van der Waals surface area contributed by atoms with Gasteiger partial charge in [0, 0.05) is 32.1 Å². The summed E-state index contributed by atoms with van der Waals surface area (Å²) in [5, 5.41) is 3.01. The summed E-state index contributed by atoms with van der Waals surface area (Å²) in [6.07, 6.45) is 2.64. The number of aryl methyl sites for hydroxylation is 2. The molecule has 0 aliphatic heterocycles. The van der Waals surface area contributed by atoms with E-state index >= 15 is 0 Å². The lowest BCUT2D eigenvalue weighted by molar-refractivity contribution is -0.121. The first-order chi connectivity index (χ1) is 16.6. The predicted octanol–water partition coefficient (Wildman–Crippen LogP) is 4.38. The van der Waals surface area contributed by atoms with Gasteiger partial charge in [-0.25, -0.2) is 4.98 Å². The van der Waals surface area contributed by atoms with Crippen molar-refractivity contribution in [2.75, 3.05) is 18.5 Å². The van der Waals surface area contributed by atoms with Crippen LogP contribution >= 0.6 is 0 Å². The smallest absolute Gasteiger partial charge is 0.246 e. The van der Waals surface area contributed by atoms with Crippen LogP contribution in [0.25, 0.3) is 11.0 Å². The van der Waals surface area contributed by atoms with Gasteiger partial charge in [-0.1, -0.05) is 60.7 Å². The number of anilines is 1. The fourth-order valence-electron chi connectivity index (χ4n) is 3.99. The lowest BCUT2D eigenvalue weighted by atomic mass is 10.1. The van der Waals surface area contributed by atoms with Crippen molar-refractivity contribution in [1.82, 2.24) is 14.9 Å². The molecule has 0 bridgehead atoms. The van der Waals surface area contributed by atoms with Crippen molar-refractivity contribution in [3.63, 3.8) is 0 Å². The Bertz CT molecular complexity index is 1240. The molecule has 6 heteroatoms. The van der Waals surface area contributed by atoms with Crippen LogP contribution in [0.3, 0.4) is 0 Å². The highest BCUT2D eigenvalue weighted by atomic mass is 16.2. The van der Waals surface area contributed by atoms with E-state index in [4.69, 9.17) is 4.98 Å². The molecule has 34 heavy (non-hydrogen) atoms. The molecule has 0 saturated heterocycles. The van der Waals surface area contributed by atoms with Gasteiger partial charge in [-0.05, 0) is 42.7 Å². The third-order valence-corrected chi connectivity index (χ3v) is 5.93. The Kier molecular flexibility index (Phi) is 7.71. The normalized spacial score (nSPS) is 10.9. The van der Waals surface area contributed by atoms with Gasteiger partial charge in [-0.2, -0.15) is 0 Å². The fraction of sp³-hybridized carbons (Fsp3) is 0.250. The number of likely N-dealkylation sites (N-methyl/N-ethyl adjacent to an activating group) is 1. The molecule has 1 aromatic heterocycles. The molecule has 0 saturated carbocycles. The number of carbonyl (C=O) groups excluding carboxylic acids is 2. The molecule has 0 spiro atoms. The van der Waals surface area contributed by atoms with E-state index in [1.807, 2.05) is 89.5 Å². The number of nitrogens with zero attached hydrogens (tertiary/aromatic N) is 3. The van der Waals surface area contributed by atoms with Crippen LogP contribution in [0, 0.1) is 0 Å². The molecule has 0 fully saturated rings. The Labute approximate surface area is 200 Å². The van der Waals surface area contributed by atoms with Crippen LogP contribution in [-0.2, 0) is 29.0 Å². The molecule has 6 nitrogen and oxygen atoms in total. The molecule has 3 aromatic carbocycles. The van der Waals surface area contributed by atoms with E-state index in [-0.39, 0.29) is 18.4 Å². The Balaban J connectivity index is 1.35. The number of hydrogen-bond donors (Lipinski definition) is 1. The molecule has 0 radical (unpaired) electrons. The molecule has 174 valence electrons. The van der Waals surface area contributed by atoms with Crippen LogP contribution in [0.2, 0.25) is 0 Å². The second kappa shape index (κ2) is 11.3. The number of rotatable bonds is 10. The van der Waals surface area contributed by atoms with Crippen LogP contribution in [0.5, 0.6) is 0 Å². The molecule has 4 aromatic rings. The zero-order valence-corrected chi connectivity index (χ0v) is 19.5. The molecule has 0 unspecified atom stereocenters. The Morgan fingerprint density at radius 2 is 1.56 bits per heavy atom. The van der Waals surface area contributed by atoms with Crippen LogP contribution in [0.4, 0.5) is 5.69 Å². The maximum atomic E-state index is 13.0. The van der Waals surface area contributed by atoms with Gasteiger partial charge in [0.05, 0.1) is 11.0 Å². The van der Waals surface area contributed by atoms with E-state index in [1.54, 1.807) is 11.9 Å². The number of imidazole rings is 1. The lowest BCUT2D eigenvalue weighted by Crippen LogP contribution is -2.30. The van der Waals surface area contributed by atoms with Crippen molar-refractivity contribution < 1.29 is 9.59 Å². The largest absolute Gasteiger partial charge is 0.356 e. The van der Waals surface area contributed by atoms with E-state index in [9.17, 15) is 9.59 Å². The maximum absolute atomic E-state index is 13.0. The van der Waals surface area contributed by atoms with Crippen LogP contribution in [0.1, 0.15) is 24.2 Å². The standard InChI is InChI=1S/C28H30N4O2/c1-31(23-13-6-3-7-14-23)28(34)21-32-25-16-9-8-15-24(25)30-26(32)17-10-20-29-27(33)19-18-22-11-4-2-5-12-22/h2-9,11-16H,10,17-21H2,1H3,(H,29,33). The van der Waals surface area contributed by atoms with Crippen molar-refractivity contribution in [2.24, 2.45) is 0 Å². The minimum Gasteiger partial charge on any atom is -0.356 e. The average molecular weight is 455 g/mol. The molecular weight excluding hydrogens is 424 g/mol. The summed E-state index contributed by atoms with van der Waals surface area (Å²) < 4.78 is 1.99. The van der Waals surface area contributed by atoms with Gasteiger partial charge in [0.2, 0.25) is 11.8 Å². The zero-order chi connectivity index (χ0) is 23.8.